The van der Waals surface area contributed by atoms with E-state index < -0.39 is 0 Å². The van der Waals surface area contributed by atoms with Crippen molar-refractivity contribution in [1.82, 2.24) is 5.32 Å². The van der Waals surface area contributed by atoms with Gasteiger partial charge in [-0.15, -0.1) is 0 Å². The molecule has 4 rings (SSSR count). The van der Waals surface area contributed by atoms with Gasteiger partial charge in [-0.25, -0.2) is 0 Å². The second-order valence-electron chi connectivity index (χ2n) is 7.21. The van der Waals surface area contributed by atoms with Crippen molar-refractivity contribution in [2.75, 3.05) is 13.7 Å². The Labute approximate surface area is 127 Å². The molecular formula is C18H25NO2. The van der Waals surface area contributed by atoms with E-state index in [1.807, 2.05) is 0 Å². The maximum atomic E-state index is 6.34. The minimum absolute atomic E-state index is 0.208. The van der Waals surface area contributed by atoms with Crippen LogP contribution in [0.25, 0.3) is 0 Å². The van der Waals surface area contributed by atoms with Crippen LogP contribution in [0.4, 0.5) is 0 Å². The van der Waals surface area contributed by atoms with Gasteiger partial charge >= 0.3 is 0 Å². The lowest BCUT2D eigenvalue weighted by atomic mass is 9.76. The summed E-state index contributed by atoms with van der Waals surface area (Å²) in [5.74, 6) is 1.81. The standard InChI is InChI=1S/C18H25NO2/c1-12-5-7-18(8-6-12)11-21-17-15-10-14(20-2)4-3-13(15)9-16(17)19-18/h3-4,10,12,16-17,19H,5-9,11H2,1-2H3. The molecule has 0 amide bonds. The average Bonchev–Trinajstić information content (AvgIpc) is 2.86. The highest BCUT2D eigenvalue weighted by atomic mass is 16.5. The van der Waals surface area contributed by atoms with Gasteiger partial charge in [-0.1, -0.05) is 13.0 Å². The Morgan fingerprint density at radius 2 is 2.10 bits per heavy atom. The Kier molecular flexibility index (Phi) is 3.23. The molecule has 1 saturated carbocycles. The number of methoxy groups -OCH3 is 1. The van der Waals surface area contributed by atoms with Crippen molar-refractivity contribution in [3.8, 4) is 5.75 Å². The van der Waals surface area contributed by atoms with Crippen LogP contribution in [0.2, 0.25) is 0 Å². The zero-order chi connectivity index (χ0) is 14.4. The third-order valence-electron chi connectivity index (χ3n) is 5.73. The number of hydrogen-bond acceptors (Lipinski definition) is 3. The monoisotopic (exact) mass is 287 g/mol. The van der Waals surface area contributed by atoms with Crippen molar-refractivity contribution in [3.05, 3.63) is 29.3 Å². The molecule has 1 aromatic carbocycles. The van der Waals surface area contributed by atoms with Gasteiger partial charge in [0.15, 0.2) is 0 Å². The van der Waals surface area contributed by atoms with E-state index in [2.05, 4.69) is 30.4 Å². The quantitative estimate of drug-likeness (QED) is 0.860. The van der Waals surface area contributed by atoms with Gasteiger partial charge in [0.25, 0.3) is 0 Å². The number of benzene rings is 1. The van der Waals surface area contributed by atoms with Gasteiger partial charge in [-0.05, 0) is 61.3 Å². The van der Waals surface area contributed by atoms with E-state index in [-0.39, 0.29) is 11.6 Å². The van der Waals surface area contributed by atoms with Crippen molar-refractivity contribution in [2.45, 2.75) is 56.7 Å². The number of fused-ring (bicyclic) bond motifs is 3. The highest BCUT2D eigenvalue weighted by molar-refractivity contribution is 5.42. The molecule has 1 aliphatic heterocycles. The first-order chi connectivity index (χ1) is 10.2. The minimum Gasteiger partial charge on any atom is -0.497 e. The maximum Gasteiger partial charge on any atom is 0.119 e. The van der Waals surface area contributed by atoms with Gasteiger partial charge in [0, 0.05) is 11.6 Å². The number of morpholine rings is 1. The Morgan fingerprint density at radius 3 is 2.86 bits per heavy atom. The van der Waals surface area contributed by atoms with Crippen molar-refractivity contribution in [2.24, 2.45) is 5.92 Å². The molecule has 2 unspecified atom stereocenters. The zero-order valence-corrected chi connectivity index (χ0v) is 13.0. The van der Waals surface area contributed by atoms with Gasteiger partial charge in [0.2, 0.25) is 0 Å². The van der Waals surface area contributed by atoms with E-state index in [4.69, 9.17) is 9.47 Å². The van der Waals surface area contributed by atoms with Crippen LogP contribution in [0.15, 0.2) is 18.2 Å². The zero-order valence-electron chi connectivity index (χ0n) is 13.0. The Bertz CT molecular complexity index is 534. The van der Waals surface area contributed by atoms with Crippen LogP contribution in [-0.2, 0) is 11.2 Å². The van der Waals surface area contributed by atoms with E-state index in [0.717, 1.165) is 24.7 Å². The molecule has 2 fully saturated rings. The van der Waals surface area contributed by atoms with E-state index in [9.17, 15) is 0 Å². The summed E-state index contributed by atoms with van der Waals surface area (Å²) in [6, 6.07) is 6.86. The Balaban J connectivity index is 1.55. The Hall–Kier alpha value is -1.06. The summed E-state index contributed by atoms with van der Waals surface area (Å²) in [7, 11) is 1.73. The molecule has 3 nitrogen and oxygen atoms in total. The van der Waals surface area contributed by atoms with Crippen LogP contribution in [0.3, 0.4) is 0 Å². The first-order valence-corrected chi connectivity index (χ1v) is 8.25. The predicted molar refractivity (Wildman–Crippen MR) is 82.7 cm³/mol. The van der Waals surface area contributed by atoms with Crippen molar-refractivity contribution < 1.29 is 9.47 Å². The Morgan fingerprint density at radius 1 is 1.29 bits per heavy atom. The number of rotatable bonds is 1. The van der Waals surface area contributed by atoms with Crippen LogP contribution in [0, 0.1) is 5.92 Å². The lowest BCUT2D eigenvalue weighted by molar-refractivity contribution is -0.0722. The lowest BCUT2D eigenvalue weighted by Crippen LogP contribution is -2.60. The fourth-order valence-corrected chi connectivity index (χ4v) is 4.33. The SMILES string of the molecule is COc1ccc2c(c1)C1OCC3(CCC(C)CC3)NC1C2. The van der Waals surface area contributed by atoms with Crippen LogP contribution in [0.5, 0.6) is 5.75 Å². The molecule has 0 aromatic heterocycles. The summed E-state index contributed by atoms with van der Waals surface area (Å²) < 4.78 is 11.7. The second-order valence-corrected chi connectivity index (χ2v) is 7.21. The van der Waals surface area contributed by atoms with Gasteiger partial charge in [-0.3, -0.25) is 0 Å². The predicted octanol–water partition coefficient (Wildman–Crippen LogP) is 3.23. The van der Waals surface area contributed by atoms with Crippen molar-refractivity contribution in [1.29, 1.82) is 0 Å². The smallest absolute Gasteiger partial charge is 0.119 e. The number of hydrogen-bond donors (Lipinski definition) is 1. The van der Waals surface area contributed by atoms with E-state index in [0.29, 0.717) is 6.04 Å². The molecule has 1 spiro atoms. The molecule has 114 valence electrons. The van der Waals surface area contributed by atoms with Crippen LogP contribution in [0.1, 0.15) is 49.8 Å². The fraction of sp³-hybridized carbons (Fsp3) is 0.667. The summed E-state index contributed by atoms with van der Waals surface area (Å²) in [4.78, 5) is 0. The third-order valence-corrected chi connectivity index (χ3v) is 5.73. The van der Waals surface area contributed by atoms with Gasteiger partial charge in [0.05, 0.1) is 19.8 Å². The van der Waals surface area contributed by atoms with Gasteiger partial charge in [-0.2, -0.15) is 0 Å². The van der Waals surface area contributed by atoms with Crippen LogP contribution < -0.4 is 10.1 Å². The first kappa shape index (κ1) is 13.6. The van der Waals surface area contributed by atoms with Crippen LogP contribution >= 0.6 is 0 Å². The highest BCUT2D eigenvalue weighted by Gasteiger charge is 2.46. The third kappa shape index (κ3) is 2.27. The average molecular weight is 287 g/mol. The molecule has 3 heteroatoms. The second kappa shape index (κ2) is 4.99. The molecule has 2 aliphatic carbocycles. The first-order valence-electron chi connectivity index (χ1n) is 8.25. The molecule has 1 heterocycles. The summed E-state index contributed by atoms with van der Waals surface area (Å²) in [6.45, 7) is 3.23. The molecule has 2 atom stereocenters. The summed E-state index contributed by atoms with van der Waals surface area (Å²) in [6.07, 6.45) is 6.47. The summed E-state index contributed by atoms with van der Waals surface area (Å²) >= 11 is 0. The minimum atomic E-state index is 0.208. The molecule has 3 aliphatic rings. The summed E-state index contributed by atoms with van der Waals surface area (Å²) in [5, 5.41) is 3.97. The number of nitrogens with one attached hydrogen (secondary N) is 1. The molecular weight excluding hydrogens is 262 g/mol. The van der Waals surface area contributed by atoms with E-state index >= 15 is 0 Å². The summed E-state index contributed by atoms with van der Waals surface area (Å²) in [5.41, 5.74) is 2.98. The van der Waals surface area contributed by atoms with Crippen molar-refractivity contribution >= 4 is 0 Å². The van der Waals surface area contributed by atoms with Gasteiger partial charge < -0.3 is 14.8 Å². The van der Waals surface area contributed by atoms with Crippen LogP contribution in [-0.4, -0.2) is 25.3 Å². The maximum absolute atomic E-state index is 6.34. The largest absolute Gasteiger partial charge is 0.497 e. The number of ether oxygens (including phenoxy) is 2. The molecule has 1 aromatic rings. The molecule has 0 radical (unpaired) electrons. The lowest BCUT2D eigenvalue weighted by Gasteiger charge is -2.47. The fourth-order valence-electron chi connectivity index (χ4n) is 4.33. The van der Waals surface area contributed by atoms with E-state index in [1.54, 1.807) is 7.11 Å². The molecule has 1 saturated heterocycles. The topological polar surface area (TPSA) is 30.5 Å². The highest BCUT2D eigenvalue weighted by Crippen LogP contribution is 2.43. The molecule has 1 N–H and O–H groups in total. The van der Waals surface area contributed by atoms with E-state index in [1.165, 1.54) is 36.8 Å². The van der Waals surface area contributed by atoms with Crippen molar-refractivity contribution in [3.63, 3.8) is 0 Å². The molecule has 0 bridgehead atoms. The van der Waals surface area contributed by atoms with Gasteiger partial charge in [0.1, 0.15) is 5.75 Å². The molecule has 21 heavy (non-hydrogen) atoms. The normalized spacial score (nSPS) is 38.1.